The van der Waals surface area contributed by atoms with Gasteiger partial charge in [0.15, 0.2) is 0 Å². The van der Waals surface area contributed by atoms with Gasteiger partial charge in [0.25, 0.3) is 0 Å². The summed E-state index contributed by atoms with van der Waals surface area (Å²) >= 11 is 0. The maximum atomic E-state index is 12.4. The van der Waals surface area contributed by atoms with Gasteiger partial charge < -0.3 is 10.1 Å². The second-order valence-electron chi connectivity index (χ2n) is 4.42. The molecule has 0 fully saturated rings. The van der Waals surface area contributed by atoms with Crippen LogP contribution in [0.15, 0.2) is 24.3 Å². The second kappa shape index (κ2) is 7.13. The van der Waals surface area contributed by atoms with E-state index in [9.17, 15) is 26.3 Å². The molecule has 1 aromatic carbocycles. The number of nitrogens with one attached hydrogen (secondary N) is 1. The fraction of sp³-hybridized carbons (Fsp3) is 0.538. The Labute approximate surface area is 118 Å². The molecule has 120 valence electrons. The van der Waals surface area contributed by atoms with E-state index in [0.717, 1.165) is 12.1 Å². The van der Waals surface area contributed by atoms with E-state index in [1.165, 1.54) is 12.1 Å². The maximum Gasteiger partial charge on any atom is 0.416 e. The Kier molecular flexibility index (Phi) is 6.03. The Morgan fingerprint density at radius 3 is 2.05 bits per heavy atom. The third kappa shape index (κ3) is 6.34. The number of hydrogen-bond acceptors (Lipinski definition) is 2. The lowest BCUT2D eigenvalue weighted by Gasteiger charge is -2.18. The molecular weight excluding hydrogens is 300 g/mol. The Balaban J connectivity index is 2.56. The zero-order chi connectivity index (χ0) is 16.1. The fourth-order valence-corrected chi connectivity index (χ4v) is 1.77. The van der Waals surface area contributed by atoms with Gasteiger partial charge >= 0.3 is 12.4 Å². The molecule has 0 amide bonds. The van der Waals surface area contributed by atoms with Gasteiger partial charge in [-0.05, 0) is 31.2 Å². The van der Waals surface area contributed by atoms with Crippen molar-refractivity contribution in [1.82, 2.24) is 5.32 Å². The molecule has 0 aromatic heterocycles. The first-order valence-corrected chi connectivity index (χ1v) is 6.12. The predicted octanol–water partition coefficient (Wildman–Crippen LogP) is 3.93. The van der Waals surface area contributed by atoms with Crippen LogP contribution in [0.25, 0.3) is 0 Å². The molecule has 0 bridgehead atoms. The zero-order valence-corrected chi connectivity index (χ0v) is 11.2. The van der Waals surface area contributed by atoms with E-state index in [1.807, 2.05) is 0 Å². The number of benzene rings is 1. The molecule has 0 aliphatic rings. The monoisotopic (exact) mass is 315 g/mol. The summed E-state index contributed by atoms with van der Waals surface area (Å²) in [6.07, 6.45) is -8.58. The molecule has 0 heterocycles. The van der Waals surface area contributed by atoms with Gasteiger partial charge in [0.05, 0.1) is 5.56 Å². The van der Waals surface area contributed by atoms with Gasteiger partial charge in [0, 0.05) is 12.6 Å². The summed E-state index contributed by atoms with van der Waals surface area (Å²) in [4.78, 5) is 0. The predicted molar refractivity (Wildman–Crippen MR) is 64.7 cm³/mol. The maximum absolute atomic E-state index is 12.4. The lowest BCUT2D eigenvalue weighted by Crippen LogP contribution is -2.21. The van der Waals surface area contributed by atoms with E-state index in [1.54, 1.807) is 7.05 Å². The van der Waals surface area contributed by atoms with Crippen molar-refractivity contribution in [2.75, 3.05) is 20.3 Å². The molecule has 8 heteroatoms. The van der Waals surface area contributed by atoms with Crippen LogP contribution in [0.2, 0.25) is 0 Å². The van der Waals surface area contributed by atoms with Gasteiger partial charge in [-0.25, -0.2) is 0 Å². The van der Waals surface area contributed by atoms with Crippen LogP contribution < -0.4 is 5.32 Å². The van der Waals surface area contributed by atoms with Gasteiger partial charge in [-0.15, -0.1) is 0 Å². The quantitative estimate of drug-likeness (QED) is 0.634. The van der Waals surface area contributed by atoms with Crippen molar-refractivity contribution >= 4 is 0 Å². The summed E-state index contributed by atoms with van der Waals surface area (Å²) < 4.78 is 77.4. The molecule has 0 aliphatic carbocycles. The smallest absolute Gasteiger partial charge is 0.372 e. The average Bonchev–Trinajstić information content (AvgIpc) is 2.37. The largest absolute Gasteiger partial charge is 0.416 e. The second-order valence-corrected chi connectivity index (χ2v) is 4.42. The molecule has 1 unspecified atom stereocenters. The van der Waals surface area contributed by atoms with Crippen molar-refractivity contribution in [3.8, 4) is 0 Å². The molecule has 1 atom stereocenters. The summed E-state index contributed by atoms with van der Waals surface area (Å²) in [5.41, 5.74) is -0.212. The van der Waals surface area contributed by atoms with E-state index >= 15 is 0 Å². The molecule has 1 N–H and O–H groups in total. The first-order valence-electron chi connectivity index (χ1n) is 6.12. The van der Waals surface area contributed by atoms with Crippen LogP contribution in [0.1, 0.15) is 23.6 Å². The van der Waals surface area contributed by atoms with Crippen LogP contribution in [-0.4, -0.2) is 26.4 Å². The molecule has 1 rings (SSSR count). The normalized spacial score (nSPS) is 14.2. The highest BCUT2D eigenvalue weighted by molar-refractivity contribution is 5.26. The Hall–Kier alpha value is -1.28. The van der Waals surface area contributed by atoms with E-state index in [2.05, 4.69) is 10.1 Å². The van der Waals surface area contributed by atoms with Gasteiger partial charge in [-0.2, -0.15) is 26.3 Å². The van der Waals surface area contributed by atoms with E-state index in [-0.39, 0.29) is 19.1 Å². The SMILES string of the molecule is CNC(CCOCC(F)(F)F)c1ccc(C(F)(F)F)cc1. The van der Waals surface area contributed by atoms with Crippen LogP contribution >= 0.6 is 0 Å². The van der Waals surface area contributed by atoms with Crippen LogP contribution in [0, 0.1) is 0 Å². The van der Waals surface area contributed by atoms with Crippen LogP contribution in [0.3, 0.4) is 0 Å². The summed E-state index contributed by atoms with van der Waals surface area (Å²) in [6, 6.07) is 4.11. The van der Waals surface area contributed by atoms with Gasteiger partial charge in [-0.1, -0.05) is 12.1 Å². The molecule has 1 aromatic rings. The summed E-state index contributed by atoms with van der Waals surface area (Å²) in [7, 11) is 1.58. The highest BCUT2D eigenvalue weighted by Crippen LogP contribution is 2.30. The molecule has 2 nitrogen and oxygen atoms in total. The lowest BCUT2D eigenvalue weighted by molar-refractivity contribution is -0.174. The zero-order valence-electron chi connectivity index (χ0n) is 11.2. The molecule has 0 radical (unpaired) electrons. The molecule has 0 aliphatic heterocycles. The third-order valence-corrected chi connectivity index (χ3v) is 2.81. The Morgan fingerprint density at radius 1 is 1.05 bits per heavy atom. The minimum atomic E-state index is -4.41. The van der Waals surface area contributed by atoms with E-state index in [4.69, 9.17) is 0 Å². The van der Waals surface area contributed by atoms with E-state index in [0.29, 0.717) is 5.56 Å². The first-order chi connectivity index (χ1) is 9.63. The van der Waals surface area contributed by atoms with Crippen molar-refractivity contribution in [2.24, 2.45) is 0 Å². The molecule has 0 spiro atoms. The summed E-state index contributed by atoms with van der Waals surface area (Å²) in [6.45, 7) is -1.48. The summed E-state index contributed by atoms with van der Waals surface area (Å²) in [5.74, 6) is 0. The van der Waals surface area contributed by atoms with Crippen molar-refractivity contribution in [3.05, 3.63) is 35.4 Å². The Bertz CT molecular complexity index is 426. The highest BCUT2D eigenvalue weighted by atomic mass is 19.4. The third-order valence-electron chi connectivity index (χ3n) is 2.81. The van der Waals surface area contributed by atoms with Gasteiger partial charge in [0.1, 0.15) is 6.61 Å². The van der Waals surface area contributed by atoms with Crippen LogP contribution in [-0.2, 0) is 10.9 Å². The van der Waals surface area contributed by atoms with Crippen molar-refractivity contribution in [3.63, 3.8) is 0 Å². The lowest BCUT2D eigenvalue weighted by atomic mass is 10.0. The molecule has 21 heavy (non-hydrogen) atoms. The van der Waals surface area contributed by atoms with Gasteiger partial charge in [-0.3, -0.25) is 0 Å². The number of ether oxygens (including phenoxy) is 1. The average molecular weight is 315 g/mol. The molecule has 0 saturated heterocycles. The number of hydrogen-bond donors (Lipinski definition) is 1. The standard InChI is InChI=1S/C13H15F6NO/c1-20-11(6-7-21-8-12(14,15)16)9-2-4-10(5-3-9)13(17,18)19/h2-5,11,20H,6-8H2,1H3. The number of alkyl halides is 6. The van der Waals surface area contributed by atoms with Crippen molar-refractivity contribution in [1.29, 1.82) is 0 Å². The first kappa shape index (κ1) is 17.8. The van der Waals surface area contributed by atoms with Gasteiger partial charge in [0.2, 0.25) is 0 Å². The summed E-state index contributed by atoms with van der Waals surface area (Å²) in [5, 5.41) is 2.83. The molecular formula is C13H15F6NO. The minimum Gasteiger partial charge on any atom is -0.372 e. The topological polar surface area (TPSA) is 21.3 Å². The van der Waals surface area contributed by atoms with Crippen molar-refractivity contribution in [2.45, 2.75) is 24.8 Å². The molecule has 0 saturated carbocycles. The number of rotatable bonds is 6. The number of halogens is 6. The highest BCUT2D eigenvalue weighted by Gasteiger charge is 2.30. The van der Waals surface area contributed by atoms with Crippen LogP contribution in [0.4, 0.5) is 26.3 Å². The fourth-order valence-electron chi connectivity index (χ4n) is 1.77. The Morgan fingerprint density at radius 2 is 1.62 bits per heavy atom. The minimum absolute atomic E-state index is 0.147. The van der Waals surface area contributed by atoms with E-state index < -0.39 is 24.5 Å². The van der Waals surface area contributed by atoms with Crippen molar-refractivity contribution < 1.29 is 31.1 Å². The van der Waals surface area contributed by atoms with Crippen LogP contribution in [0.5, 0.6) is 0 Å².